The first-order chi connectivity index (χ1) is 14.5. The van der Waals surface area contributed by atoms with Crippen molar-refractivity contribution in [3.63, 3.8) is 0 Å². The van der Waals surface area contributed by atoms with Crippen molar-refractivity contribution in [2.45, 2.75) is 36.5 Å². The summed E-state index contributed by atoms with van der Waals surface area (Å²) in [6.45, 7) is 3.43. The number of benzene rings is 2. The van der Waals surface area contributed by atoms with Crippen LogP contribution in [0.15, 0.2) is 53.4 Å². The third kappa shape index (κ3) is 4.36. The quantitative estimate of drug-likeness (QED) is 0.741. The number of nitrogens with one attached hydrogen (secondary N) is 2. The van der Waals surface area contributed by atoms with Crippen LogP contribution in [0.1, 0.15) is 24.0 Å². The van der Waals surface area contributed by atoms with Gasteiger partial charge in [0.05, 0.1) is 11.6 Å². The van der Waals surface area contributed by atoms with Gasteiger partial charge < -0.3 is 15.5 Å². The number of carbonyl (C=O) groups is 3. The lowest BCUT2D eigenvalue weighted by molar-refractivity contribution is -0.137. The van der Waals surface area contributed by atoms with Crippen LogP contribution in [0.25, 0.3) is 0 Å². The van der Waals surface area contributed by atoms with E-state index in [1.165, 1.54) is 11.8 Å². The Morgan fingerprint density at radius 2 is 1.93 bits per heavy atom. The summed E-state index contributed by atoms with van der Waals surface area (Å²) in [6, 6.07) is 15.4. The van der Waals surface area contributed by atoms with Crippen molar-refractivity contribution in [3.8, 4) is 0 Å². The Balaban J connectivity index is 1.37. The van der Waals surface area contributed by atoms with Gasteiger partial charge in [-0.05, 0) is 43.0 Å². The van der Waals surface area contributed by atoms with Gasteiger partial charge in [0.1, 0.15) is 0 Å². The Morgan fingerprint density at radius 1 is 1.17 bits per heavy atom. The number of anilines is 1. The van der Waals surface area contributed by atoms with Gasteiger partial charge in [0.15, 0.2) is 5.25 Å². The Bertz CT molecular complexity index is 978. The molecule has 0 bridgehead atoms. The van der Waals surface area contributed by atoms with E-state index in [1.54, 1.807) is 4.90 Å². The van der Waals surface area contributed by atoms with Crippen LogP contribution in [0.3, 0.4) is 0 Å². The van der Waals surface area contributed by atoms with Crippen LogP contribution in [-0.2, 0) is 20.9 Å². The second kappa shape index (κ2) is 8.92. The topological polar surface area (TPSA) is 78.5 Å². The third-order valence-electron chi connectivity index (χ3n) is 5.67. The van der Waals surface area contributed by atoms with Crippen LogP contribution in [0.5, 0.6) is 0 Å². The molecule has 156 valence electrons. The number of hydrogen-bond donors (Lipinski definition) is 2. The minimum atomic E-state index is -0.811. The van der Waals surface area contributed by atoms with Gasteiger partial charge in [-0.25, -0.2) is 0 Å². The lowest BCUT2D eigenvalue weighted by atomic mass is 9.96. The summed E-state index contributed by atoms with van der Waals surface area (Å²) in [5.74, 6) is -0.810. The van der Waals surface area contributed by atoms with Crippen molar-refractivity contribution in [1.29, 1.82) is 0 Å². The van der Waals surface area contributed by atoms with Crippen LogP contribution in [0.2, 0.25) is 0 Å². The number of fused-ring (bicyclic) bond motifs is 1. The zero-order valence-corrected chi connectivity index (χ0v) is 17.7. The molecule has 2 atom stereocenters. The van der Waals surface area contributed by atoms with Crippen molar-refractivity contribution < 1.29 is 14.4 Å². The summed E-state index contributed by atoms with van der Waals surface area (Å²) >= 11 is 1.28. The summed E-state index contributed by atoms with van der Waals surface area (Å²) in [6.07, 6.45) is 1.50. The van der Waals surface area contributed by atoms with Crippen molar-refractivity contribution in [2.75, 3.05) is 18.4 Å². The molecular weight excluding hydrogens is 398 g/mol. The van der Waals surface area contributed by atoms with Gasteiger partial charge >= 0.3 is 0 Å². The van der Waals surface area contributed by atoms with Crippen molar-refractivity contribution in [3.05, 3.63) is 59.7 Å². The Labute approximate surface area is 180 Å². The normalized spacial score (nSPS) is 20.8. The molecule has 0 spiro atoms. The fourth-order valence-corrected chi connectivity index (χ4v) is 4.98. The molecule has 2 heterocycles. The molecule has 7 heteroatoms. The third-order valence-corrected chi connectivity index (χ3v) is 6.93. The number of likely N-dealkylation sites (tertiary alicyclic amines) is 1. The summed E-state index contributed by atoms with van der Waals surface area (Å²) in [7, 11) is 0. The highest BCUT2D eigenvalue weighted by atomic mass is 32.2. The van der Waals surface area contributed by atoms with Crippen molar-refractivity contribution in [1.82, 2.24) is 10.2 Å². The van der Waals surface area contributed by atoms with E-state index >= 15 is 0 Å². The number of rotatable bonds is 4. The predicted octanol–water partition coefficient (Wildman–Crippen LogP) is 2.96. The predicted molar refractivity (Wildman–Crippen MR) is 117 cm³/mol. The first kappa shape index (κ1) is 20.5. The highest BCUT2D eigenvalue weighted by molar-refractivity contribution is 8.01. The Hall–Kier alpha value is -2.80. The fourth-order valence-electron chi connectivity index (χ4n) is 3.91. The first-order valence-corrected chi connectivity index (χ1v) is 11.1. The molecule has 2 aromatic carbocycles. The van der Waals surface area contributed by atoms with E-state index in [-0.39, 0.29) is 23.6 Å². The fraction of sp³-hybridized carbons (Fsp3) is 0.348. The van der Waals surface area contributed by atoms with E-state index in [0.717, 1.165) is 34.6 Å². The van der Waals surface area contributed by atoms with Crippen LogP contribution in [0.4, 0.5) is 5.69 Å². The Kier molecular flexibility index (Phi) is 6.08. The minimum absolute atomic E-state index is 0.0400. The largest absolute Gasteiger partial charge is 0.352 e. The summed E-state index contributed by atoms with van der Waals surface area (Å²) in [4.78, 5) is 40.9. The molecule has 2 N–H and O–H groups in total. The molecule has 0 aromatic heterocycles. The molecule has 0 saturated carbocycles. The molecule has 1 fully saturated rings. The number of amides is 3. The van der Waals surface area contributed by atoms with Crippen molar-refractivity contribution >= 4 is 35.2 Å². The maximum absolute atomic E-state index is 13.1. The maximum atomic E-state index is 13.1. The van der Waals surface area contributed by atoms with Crippen LogP contribution >= 0.6 is 11.8 Å². The monoisotopic (exact) mass is 423 g/mol. The molecule has 2 aliphatic rings. The number of nitrogens with zero attached hydrogens (tertiary/aromatic N) is 1. The summed E-state index contributed by atoms with van der Waals surface area (Å²) in [5, 5.41) is 5.02. The van der Waals surface area contributed by atoms with Gasteiger partial charge in [-0.15, -0.1) is 11.8 Å². The van der Waals surface area contributed by atoms with Crippen molar-refractivity contribution in [2.24, 2.45) is 5.92 Å². The maximum Gasteiger partial charge on any atom is 0.247 e. The summed E-state index contributed by atoms with van der Waals surface area (Å²) < 4.78 is 0. The standard InChI is InChI=1S/C23H25N3O3S/c1-15-7-2-3-8-16(15)13-24-21(27)17-9-6-12-26(14-17)23(29)20-22(28)25-18-10-4-5-11-19(18)30-20/h2-5,7-8,10-11,17,20H,6,9,12-14H2,1H3,(H,24,27)(H,25,28). The van der Waals surface area contributed by atoms with Gasteiger partial charge in [0.2, 0.25) is 17.7 Å². The molecular formula is C23H25N3O3S. The van der Waals surface area contributed by atoms with Crippen LogP contribution < -0.4 is 10.6 Å². The van der Waals surface area contributed by atoms with E-state index in [1.807, 2.05) is 55.5 Å². The lowest BCUT2D eigenvalue weighted by Crippen LogP contribution is -2.50. The smallest absolute Gasteiger partial charge is 0.247 e. The molecule has 6 nitrogen and oxygen atoms in total. The van der Waals surface area contributed by atoms with E-state index in [4.69, 9.17) is 0 Å². The molecule has 3 amide bonds. The van der Waals surface area contributed by atoms with E-state index in [0.29, 0.717) is 19.6 Å². The Morgan fingerprint density at radius 3 is 2.77 bits per heavy atom. The summed E-state index contributed by atoms with van der Waals surface area (Å²) in [5.41, 5.74) is 2.96. The van der Waals surface area contributed by atoms with Gasteiger partial charge in [-0.3, -0.25) is 14.4 Å². The van der Waals surface area contributed by atoms with Crippen LogP contribution in [-0.4, -0.2) is 41.0 Å². The molecule has 2 aromatic rings. The molecule has 0 aliphatic carbocycles. The molecule has 2 aliphatic heterocycles. The average molecular weight is 424 g/mol. The van der Waals surface area contributed by atoms with Gasteiger partial charge in [-0.2, -0.15) is 0 Å². The highest BCUT2D eigenvalue weighted by Gasteiger charge is 2.38. The molecule has 30 heavy (non-hydrogen) atoms. The lowest BCUT2D eigenvalue weighted by Gasteiger charge is -2.35. The second-order valence-corrected chi connectivity index (χ2v) is 8.90. The van der Waals surface area contributed by atoms with Crippen LogP contribution in [0, 0.1) is 12.8 Å². The number of carbonyl (C=O) groups excluding carboxylic acids is 3. The number of piperidine rings is 1. The number of para-hydroxylation sites is 1. The number of hydrogen-bond acceptors (Lipinski definition) is 4. The second-order valence-electron chi connectivity index (χ2n) is 7.75. The molecule has 0 radical (unpaired) electrons. The van der Waals surface area contributed by atoms with E-state index < -0.39 is 5.25 Å². The van der Waals surface area contributed by atoms with E-state index in [2.05, 4.69) is 10.6 Å². The van der Waals surface area contributed by atoms with E-state index in [9.17, 15) is 14.4 Å². The highest BCUT2D eigenvalue weighted by Crippen LogP contribution is 2.36. The number of thioether (sulfide) groups is 1. The SMILES string of the molecule is Cc1ccccc1CNC(=O)C1CCCN(C(=O)C2Sc3ccccc3NC2=O)C1. The number of aryl methyl sites for hydroxylation is 1. The molecule has 4 rings (SSSR count). The molecule has 2 unspecified atom stereocenters. The van der Waals surface area contributed by atoms with Gasteiger partial charge in [-0.1, -0.05) is 36.4 Å². The van der Waals surface area contributed by atoms with Gasteiger partial charge in [0.25, 0.3) is 0 Å². The molecule has 1 saturated heterocycles. The van der Waals surface area contributed by atoms with Gasteiger partial charge in [0, 0.05) is 24.5 Å². The minimum Gasteiger partial charge on any atom is -0.352 e. The average Bonchev–Trinajstić information content (AvgIpc) is 2.77. The zero-order chi connectivity index (χ0) is 21.1. The zero-order valence-electron chi connectivity index (χ0n) is 16.9. The first-order valence-electron chi connectivity index (χ1n) is 10.2.